The van der Waals surface area contributed by atoms with Crippen LogP contribution in [-0.4, -0.2) is 60.6 Å². The second-order valence-electron chi connectivity index (χ2n) is 8.62. The van der Waals surface area contributed by atoms with Gasteiger partial charge in [-0.05, 0) is 52.5 Å². The molecule has 0 amide bonds. The summed E-state index contributed by atoms with van der Waals surface area (Å²) in [4.78, 5) is 11.5. The molecule has 2 aromatic rings. The van der Waals surface area contributed by atoms with Crippen LogP contribution in [0.15, 0.2) is 82.1 Å². The number of anilines is 2. The van der Waals surface area contributed by atoms with Crippen LogP contribution in [-0.2, 0) is 4.74 Å². The Balaban J connectivity index is 1.26. The number of amidine groups is 1. The molecular formula is C25H28N7O+. The molecule has 0 aromatic heterocycles. The highest BCUT2D eigenvalue weighted by Gasteiger charge is 2.51. The Morgan fingerprint density at radius 1 is 0.970 bits per heavy atom. The van der Waals surface area contributed by atoms with Crippen LogP contribution in [0.2, 0.25) is 0 Å². The van der Waals surface area contributed by atoms with Gasteiger partial charge in [-0.1, -0.05) is 30.3 Å². The van der Waals surface area contributed by atoms with Gasteiger partial charge in [0.1, 0.15) is 6.21 Å². The van der Waals surface area contributed by atoms with Crippen LogP contribution in [0.4, 0.5) is 11.4 Å². The standard InChI is InChI=1S/C25H28N7O/c1-2-5-20(6-3-1)23-7-4-13-31(23)32-16-12-26-19-24(32)28-25(29-32)27-21-8-10-22(11-9-21)30-14-17-33-18-15-30/h1-3,5-6,8-12,16,19,23H,4,7,13-15,17-18H2,(H,27,29)/q+1. The summed E-state index contributed by atoms with van der Waals surface area (Å²) in [6, 6.07) is 19.4. The lowest BCUT2D eigenvalue weighted by Gasteiger charge is -2.35. The van der Waals surface area contributed by atoms with Gasteiger partial charge in [-0.15, -0.1) is 10.0 Å². The average Bonchev–Trinajstić information content (AvgIpc) is 3.51. The van der Waals surface area contributed by atoms with Crippen molar-refractivity contribution in [1.82, 2.24) is 5.01 Å². The molecule has 0 radical (unpaired) electrons. The second-order valence-corrected chi connectivity index (χ2v) is 8.62. The largest absolute Gasteiger partial charge is 0.378 e. The third-order valence-electron chi connectivity index (χ3n) is 6.66. The summed E-state index contributed by atoms with van der Waals surface area (Å²) in [5, 5.41) is 10.9. The number of rotatable bonds is 4. The maximum atomic E-state index is 5.46. The summed E-state index contributed by atoms with van der Waals surface area (Å²) >= 11 is 0. The highest BCUT2D eigenvalue weighted by molar-refractivity contribution is 6.30. The van der Waals surface area contributed by atoms with Crippen molar-refractivity contribution < 1.29 is 9.44 Å². The lowest BCUT2D eigenvalue weighted by Crippen LogP contribution is -2.56. The summed E-state index contributed by atoms with van der Waals surface area (Å²) < 4.78 is 5.69. The second kappa shape index (κ2) is 8.55. The monoisotopic (exact) mass is 442 g/mol. The van der Waals surface area contributed by atoms with Crippen molar-refractivity contribution in [2.24, 2.45) is 15.1 Å². The number of ether oxygens (including phenoxy) is 1. The number of hydrogen-bond acceptors (Lipinski definition) is 7. The fourth-order valence-electron chi connectivity index (χ4n) is 5.03. The van der Waals surface area contributed by atoms with Crippen LogP contribution in [0.5, 0.6) is 0 Å². The molecule has 4 aliphatic heterocycles. The molecule has 1 N–H and O–H groups in total. The van der Waals surface area contributed by atoms with Gasteiger partial charge in [0.25, 0.3) is 5.96 Å². The number of aliphatic imine (C=N–C) groups is 2. The number of morpholine rings is 1. The van der Waals surface area contributed by atoms with Crippen LogP contribution in [0.25, 0.3) is 0 Å². The van der Waals surface area contributed by atoms with E-state index in [-0.39, 0.29) is 10.7 Å². The topological polar surface area (TPSA) is 64.8 Å². The molecule has 8 heteroatoms. The predicted molar refractivity (Wildman–Crippen MR) is 131 cm³/mol. The van der Waals surface area contributed by atoms with Crippen LogP contribution < -0.4 is 10.2 Å². The highest BCUT2D eigenvalue weighted by Crippen LogP contribution is 2.39. The molecule has 4 heterocycles. The van der Waals surface area contributed by atoms with Gasteiger partial charge >= 0.3 is 5.84 Å². The highest BCUT2D eigenvalue weighted by atomic mass is 16.5. The zero-order valence-electron chi connectivity index (χ0n) is 18.5. The lowest BCUT2D eigenvalue weighted by molar-refractivity contribution is -0.921. The van der Waals surface area contributed by atoms with Crippen molar-refractivity contribution in [3.8, 4) is 0 Å². The number of quaternary nitrogens is 1. The van der Waals surface area contributed by atoms with Crippen LogP contribution in [0.1, 0.15) is 24.4 Å². The summed E-state index contributed by atoms with van der Waals surface area (Å²) in [6.07, 6.45) is 7.89. The molecule has 0 spiro atoms. The molecule has 8 nitrogen and oxygen atoms in total. The zero-order chi connectivity index (χ0) is 22.1. The van der Waals surface area contributed by atoms with E-state index in [1.165, 1.54) is 11.3 Å². The van der Waals surface area contributed by atoms with Crippen LogP contribution in [0.3, 0.4) is 0 Å². The number of guanidine groups is 1. The molecular weight excluding hydrogens is 414 g/mol. The van der Waals surface area contributed by atoms with Crippen molar-refractivity contribution in [1.29, 1.82) is 0 Å². The van der Waals surface area contributed by atoms with Gasteiger partial charge in [-0.2, -0.15) is 0 Å². The molecule has 2 saturated heterocycles. The Kier molecular flexibility index (Phi) is 5.26. The van der Waals surface area contributed by atoms with Gasteiger partial charge < -0.3 is 15.0 Å². The van der Waals surface area contributed by atoms with E-state index in [9.17, 15) is 0 Å². The van der Waals surface area contributed by atoms with Gasteiger partial charge in [-0.25, -0.2) is 0 Å². The Bertz CT molecular complexity index is 1120. The van der Waals surface area contributed by atoms with Crippen molar-refractivity contribution in [3.63, 3.8) is 0 Å². The molecule has 4 aliphatic rings. The summed E-state index contributed by atoms with van der Waals surface area (Å²) in [7, 11) is 0. The molecule has 33 heavy (non-hydrogen) atoms. The Morgan fingerprint density at radius 3 is 2.61 bits per heavy atom. The number of fused-ring (bicyclic) bond motifs is 1. The minimum Gasteiger partial charge on any atom is -0.378 e. The van der Waals surface area contributed by atoms with Gasteiger partial charge in [-0.3, -0.25) is 4.99 Å². The Labute approximate surface area is 193 Å². The molecule has 2 aromatic carbocycles. The summed E-state index contributed by atoms with van der Waals surface area (Å²) in [5.74, 6) is 1.41. The number of nitrogens with zero attached hydrogens (tertiary/aromatic N) is 6. The van der Waals surface area contributed by atoms with E-state index in [0.29, 0.717) is 5.96 Å². The van der Waals surface area contributed by atoms with Crippen LogP contribution in [0, 0.1) is 0 Å². The predicted octanol–water partition coefficient (Wildman–Crippen LogP) is 3.74. The molecule has 6 rings (SSSR count). The smallest absolute Gasteiger partial charge is 0.301 e. The van der Waals surface area contributed by atoms with E-state index in [0.717, 1.165) is 57.2 Å². The number of nitrogens with one attached hydrogen (secondary N) is 1. The number of benzene rings is 2. The molecule has 2 atom stereocenters. The van der Waals surface area contributed by atoms with Crippen molar-refractivity contribution in [2.45, 2.75) is 18.9 Å². The first-order valence-corrected chi connectivity index (χ1v) is 11.6. The minimum absolute atomic E-state index is 0.233. The van der Waals surface area contributed by atoms with E-state index in [1.807, 2.05) is 18.6 Å². The molecule has 2 fully saturated rings. The Morgan fingerprint density at radius 2 is 1.79 bits per heavy atom. The maximum Gasteiger partial charge on any atom is 0.301 e. The van der Waals surface area contributed by atoms with Crippen LogP contribution >= 0.6 is 0 Å². The Hall–Kier alpha value is -3.33. The van der Waals surface area contributed by atoms with E-state index in [1.54, 1.807) is 0 Å². The number of hydrogen-bond donors (Lipinski definition) is 1. The van der Waals surface area contributed by atoms with Gasteiger partial charge in [0.15, 0.2) is 6.20 Å². The fourth-order valence-corrected chi connectivity index (χ4v) is 5.03. The quantitative estimate of drug-likeness (QED) is 0.733. The van der Waals surface area contributed by atoms with E-state index < -0.39 is 0 Å². The normalized spacial score (nSPS) is 26.8. The third kappa shape index (κ3) is 3.76. The summed E-state index contributed by atoms with van der Waals surface area (Å²) in [6.45, 7) is 4.37. The SMILES string of the molecule is C1=C[N+]2(N3CCCC3c3ccccc3)N=C(Nc3ccc(N4CCOCC4)cc3)N=C2C=N1. The molecule has 0 aliphatic carbocycles. The first kappa shape index (κ1) is 20.3. The van der Waals surface area contributed by atoms with Gasteiger partial charge in [0.05, 0.1) is 32.0 Å². The van der Waals surface area contributed by atoms with Gasteiger partial charge in [0, 0.05) is 24.5 Å². The van der Waals surface area contributed by atoms with Crippen molar-refractivity contribution in [3.05, 3.63) is 72.6 Å². The van der Waals surface area contributed by atoms with Crippen molar-refractivity contribution >= 4 is 29.4 Å². The first-order chi connectivity index (χ1) is 16.3. The average molecular weight is 443 g/mol. The zero-order valence-corrected chi connectivity index (χ0v) is 18.5. The third-order valence-corrected chi connectivity index (χ3v) is 6.66. The van der Waals surface area contributed by atoms with E-state index in [4.69, 9.17) is 14.8 Å². The van der Waals surface area contributed by atoms with E-state index in [2.05, 4.69) is 74.8 Å². The molecule has 168 valence electrons. The van der Waals surface area contributed by atoms with Gasteiger partial charge in [0.2, 0.25) is 0 Å². The first-order valence-electron chi connectivity index (χ1n) is 11.6. The molecule has 0 bridgehead atoms. The minimum atomic E-state index is 0.233. The lowest BCUT2D eigenvalue weighted by atomic mass is 10.1. The molecule has 0 saturated carbocycles. The van der Waals surface area contributed by atoms with E-state index >= 15 is 0 Å². The molecule has 2 unspecified atom stereocenters. The van der Waals surface area contributed by atoms with Crippen molar-refractivity contribution in [2.75, 3.05) is 43.1 Å². The summed E-state index contributed by atoms with van der Waals surface area (Å²) in [5.41, 5.74) is 3.49. The maximum absolute atomic E-state index is 5.46. The fraction of sp³-hybridized carbons (Fsp3) is 0.320.